The van der Waals surface area contributed by atoms with Gasteiger partial charge in [-0.2, -0.15) is 0 Å². The summed E-state index contributed by atoms with van der Waals surface area (Å²) in [4.78, 5) is 25.2. The molecule has 0 unspecified atom stereocenters. The smallest absolute Gasteiger partial charge is 0.390 e. The predicted molar refractivity (Wildman–Crippen MR) is 72.5 cm³/mol. The number of carbonyl (C=O) groups is 1. The standard InChI is InChI=1S/C13H8N4O4/c18-13(19)10-7-8-3-1-2-4-9(8)12(14-10)16-6-5-11(15-16)17(20)21/h1-7H,(H,18,19). The number of pyridine rings is 1. The molecule has 0 aliphatic rings. The highest BCUT2D eigenvalue weighted by Gasteiger charge is 2.17. The van der Waals surface area contributed by atoms with E-state index in [-0.39, 0.29) is 17.3 Å². The first kappa shape index (κ1) is 12.7. The van der Waals surface area contributed by atoms with Crippen molar-refractivity contribution in [3.05, 3.63) is 58.4 Å². The van der Waals surface area contributed by atoms with Crippen molar-refractivity contribution in [2.24, 2.45) is 0 Å². The topological polar surface area (TPSA) is 111 Å². The first-order valence-corrected chi connectivity index (χ1v) is 5.90. The van der Waals surface area contributed by atoms with Crippen molar-refractivity contribution in [2.45, 2.75) is 0 Å². The molecule has 8 heteroatoms. The molecule has 3 aromatic rings. The van der Waals surface area contributed by atoms with Gasteiger partial charge in [-0.15, -0.1) is 4.68 Å². The fourth-order valence-electron chi connectivity index (χ4n) is 1.99. The Balaban J connectivity index is 2.28. The van der Waals surface area contributed by atoms with E-state index in [1.54, 1.807) is 24.3 Å². The molecule has 0 saturated carbocycles. The van der Waals surface area contributed by atoms with Gasteiger partial charge in [0.25, 0.3) is 0 Å². The summed E-state index contributed by atoms with van der Waals surface area (Å²) in [5, 5.41) is 24.9. The number of nitro groups is 1. The molecule has 2 heterocycles. The summed E-state index contributed by atoms with van der Waals surface area (Å²) in [5.41, 5.74) is -0.151. The van der Waals surface area contributed by atoms with E-state index in [2.05, 4.69) is 10.1 Å². The summed E-state index contributed by atoms with van der Waals surface area (Å²) in [6.07, 6.45) is 1.37. The Bertz CT molecular complexity index is 871. The molecule has 0 radical (unpaired) electrons. The molecule has 2 aromatic heterocycles. The molecular formula is C13H8N4O4. The lowest BCUT2D eigenvalue weighted by Gasteiger charge is -2.04. The highest BCUT2D eigenvalue weighted by Crippen LogP contribution is 2.22. The molecule has 1 N–H and O–H groups in total. The van der Waals surface area contributed by atoms with Gasteiger partial charge in [0, 0.05) is 5.39 Å². The number of carboxylic acids is 1. The van der Waals surface area contributed by atoms with Crippen LogP contribution in [0.5, 0.6) is 0 Å². The average molecular weight is 284 g/mol. The van der Waals surface area contributed by atoms with Gasteiger partial charge in [0.15, 0.2) is 11.5 Å². The van der Waals surface area contributed by atoms with E-state index >= 15 is 0 Å². The van der Waals surface area contributed by atoms with Gasteiger partial charge >= 0.3 is 11.8 Å². The second kappa shape index (κ2) is 4.67. The van der Waals surface area contributed by atoms with E-state index in [4.69, 9.17) is 5.11 Å². The second-order valence-corrected chi connectivity index (χ2v) is 4.23. The highest BCUT2D eigenvalue weighted by atomic mass is 16.6. The second-order valence-electron chi connectivity index (χ2n) is 4.23. The third-order valence-corrected chi connectivity index (χ3v) is 2.92. The molecule has 0 amide bonds. The monoisotopic (exact) mass is 284 g/mol. The molecule has 0 aliphatic carbocycles. The highest BCUT2D eigenvalue weighted by molar-refractivity contribution is 5.95. The van der Waals surface area contributed by atoms with E-state index in [0.717, 1.165) is 0 Å². The van der Waals surface area contributed by atoms with Crippen molar-refractivity contribution in [1.29, 1.82) is 0 Å². The number of hydrogen-bond acceptors (Lipinski definition) is 5. The van der Waals surface area contributed by atoms with Gasteiger partial charge in [0.1, 0.15) is 0 Å². The van der Waals surface area contributed by atoms with E-state index in [1.165, 1.54) is 23.0 Å². The van der Waals surface area contributed by atoms with E-state index in [1.807, 2.05) is 0 Å². The van der Waals surface area contributed by atoms with Gasteiger partial charge in [-0.05, 0) is 16.4 Å². The van der Waals surface area contributed by atoms with E-state index in [0.29, 0.717) is 10.8 Å². The SMILES string of the molecule is O=C(O)c1cc2ccccc2c(-n2ccc([N+](=O)[O-])n2)n1. The predicted octanol–water partition coefficient (Wildman–Crippen LogP) is 2.03. The fraction of sp³-hybridized carbons (Fsp3) is 0. The molecule has 0 spiro atoms. The van der Waals surface area contributed by atoms with Crippen LogP contribution in [0.1, 0.15) is 10.5 Å². The zero-order valence-corrected chi connectivity index (χ0v) is 10.5. The molecule has 0 fully saturated rings. The van der Waals surface area contributed by atoms with E-state index in [9.17, 15) is 14.9 Å². The molecule has 0 aliphatic heterocycles. The molecule has 104 valence electrons. The number of aromatic carboxylic acids is 1. The maximum atomic E-state index is 11.1. The van der Waals surface area contributed by atoms with Crippen LogP contribution in [-0.4, -0.2) is 30.8 Å². The molecule has 1 aromatic carbocycles. The molecule has 3 rings (SSSR count). The third-order valence-electron chi connectivity index (χ3n) is 2.92. The summed E-state index contributed by atoms with van der Waals surface area (Å²) < 4.78 is 1.20. The van der Waals surface area contributed by atoms with Crippen LogP contribution in [0, 0.1) is 10.1 Å². The van der Waals surface area contributed by atoms with Crippen LogP contribution in [0.2, 0.25) is 0 Å². The minimum atomic E-state index is -1.18. The van der Waals surface area contributed by atoms with Gasteiger partial charge in [0.05, 0.1) is 17.4 Å². The minimum Gasteiger partial charge on any atom is -0.477 e. The molecule has 0 atom stereocenters. The molecule has 0 saturated heterocycles. The van der Waals surface area contributed by atoms with Crippen molar-refractivity contribution < 1.29 is 14.8 Å². The Hall–Kier alpha value is -3.29. The molecule has 21 heavy (non-hydrogen) atoms. The van der Waals surface area contributed by atoms with Crippen LogP contribution in [0.15, 0.2) is 42.6 Å². The Labute approximate surface area is 117 Å². The molecular weight excluding hydrogens is 276 g/mol. The number of benzene rings is 1. The Kier molecular flexibility index (Phi) is 2.83. The fourth-order valence-corrected chi connectivity index (χ4v) is 1.99. The number of nitrogens with zero attached hydrogens (tertiary/aromatic N) is 4. The van der Waals surface area contributed by atoms with Crippen molar-refractivity contribution >= 4 is 22.6 Å². The molecule has 8 nitrogen and oxygen atoms in total. The van der Waals surface area contributed by atoms with E-state index < -0.39 is 10.9 Å². The maximum Gasteiger partial charge on any atom is 0.390 e. The first-order chi connectivity index (χ1) is 10.1. The summed E-state index contributed by atoms with van der Waals surface area (Å²) in [5.74, 6) is -1.27. The van der Waals surface area contributed by atoms with Gasteiger partial charge in [-0.1, -0.05) is 24.3 Å². The lowest BCUT2D eigenvalue weighted by atomic mass is 10.1. The van der Waals surface area contributed by atoms with Crippen LogP contribution in [-0.2, 0) is 0 Å². The number of carboxylic acid groups (broad SMARTS) is 1. The van der Waals surface area contributed by atoms with Crippen LogP contribution in [0.3, 0.4) is 0 Å². The van der Waals surface area contributed by atoms with Crippen LogP contribution < -0.4 is 0 Å². The lowest BCUT2D eigenvalue weighted by molar-refractivity contribution is -0.389. The summed E-state index contributed by atoms with van der Waals surface area (Å²) in [6, 6.07) is 9.69. The summed E-state index contributed by atoms with van der Waals surface area (Å²) in [6.45, 7) is 0. The minimum absolute atomic E-state index is 0.151. The Morgan fingerprint density at radius 2 is 2.05 bits per heavy atom. The Morgan fingerprint density at radius 1 is 1.29 bits per heavy atom. The average Bonchev–Trinajstić information content (AvgIpc) is 2.96. The number of hydrogen-bond donors (Lipinski definition) is 1. The van der Waals surface area contributed by atoms with Gasteiger partial charge in [-0.3, -0.25) is 0 Å². The molecule has 0 bridgehead atoms. The van der Waals surface area contributed by atoms with Crippen molar-refractivity contribution in [2.75, 3.05) is 0 Å². The van der Waals surface area contributed by atoms with Gasteiger partial charge in [0.2, 0.25) is 0 Å². The van der Waals surface area contributed by atoms with Crippen LogP contribution >= 0.6 is 0 Å². The zero-order chi connectivity index (χ0) is 15.0. The van der Waals surface area contributed by atoms with Crippen molar-refractivity contribution in [1.82, 2.24) is 14.8 Å². The van der Waals surface area contributed by atoms with Gasteiger partial charge < -0.3 is 15.2 Å². The first-order valence-electron chi connectivity index (χ1n) is 5.90. The number of aromatic nitrogens is 3. The van der Waals surface area contributed by atoms with Crippen LogP contribution in [0.4, 0.5) is 5.82 Å². The zero-order valence-electron chi connectivity index (χ0n) is 10.5. The maximum absolute atomic E-state index is 11.1. The largest absolute Gasteiger partial charge is 0.477 e. The lowest BCUT2D eigenvalue weighted by Crippen LogP contribution is -2.07. The van der Waals surface area contributed by atoms with Crippen molar-refractivity contribution in [3.8, 4) is 5.82 Å². The number of fused-ring (bicyclic) bond motifs is 1. The summed E-state index contributed by atoms with van der Waals surface area (Å²) >= 11 is 0. The van der Waals surface area contributed by atoms with Gasteiger partial charge in [-0.25, -0.2) is 9.78 Å². The normalized spacial score (nSPS) is 10.7. The summed E-state index contributed by atoms with van der Waals surface area (Å²) in [7, 11) is 0. The third kappa shape index (κ3) is 2.18. The van der Waals surface area contributed by atoms with Crippen LogP contribution in [0.25, 0.3) is 16.6 Å². The van der Waals surface area contributed by atoms with Crippen molar-refractivity contribution in [3.63, 3.8) is 0 Å². The quantitative estimate of drug-likeness (QED) is 0.581. The number of rotatable bonds is 3. The Morgan fingerprint density at radius 3 is 2.71 bits per heavy atom.